The third-order valence-electron chi connectivity index (χ3n) is 3.39. The number of aryl methyl sites for hydroxylation is 1. The van der Waals surface area contributed by atoms with Crippen LogP contribution in [-0.4, -0.2) is 40.1 Å². The zero-order valence-corrected chi connectivity index (χ0v) is 12.6. The number of carboxylic acids is 1. The molecule has 2 rings (SSSR count). The van der Waals surface area contributed by atoms with Crippen molar-refractivity contribution in [1.82, 2.24) is 10.1 Å². The maximum absolute atomic E-state index is 12.7. The zero-order chi connectivity index (χ0) is 16.1. The smallest absolute Gasteiger partial charge is 0.305 e. The highest BCUT2D eigenvalue weighted by atomic mass is 16.5. The van der Waals surface area contributed by atoms with Crippen molar-refractivity contribution in [3.8, 4) is 11.3 Å². The van der Waals surface area contributed by atoms with Gasteiger partial charge < -0.3 is 14.5 Å². The predicted octanol–water partition coefficient (Wildman–Crippen LogP) is 2.59. The Morgan fingerprint density at radius 3 is 2.55 bits per heavy atom. The molecule has 1 heterocycles. The summed E-state index contributed by atoms with van der Waals surface area (Å²) in [7, 11) is 0. The van der Waals surface area contributed by atoms with Crippen LogP contribution in [0.5, 0.6) is 0 Å². The molecule has 0 radical (unpaired) electrons. The largest absolute Gasteiger partial charge is 0.481 e. The van der Waals surface area contributed by atoms with E-state index in [-0.39, 0.29) is 18.9 Å². The van der Waals surface area contributed by atoms with Gasteiger partial charge in [-0.15, -0.1) is 0 Å². The van der Waals surface area contributed by atoms with Crippen molar-refractivity contribution in [3.05, 3.63) is 41.7 Å². The van der Waals surface area contributed by atoms with E-state index < -0.39 is 5.97 Å². The minimum Gasteiger partial charge on any atom is -0.481 e. The lowest BCUT2D eigenvalue weighted by Crippen LogP contribution is -2.33. The van der Waals surface area contributed by atoms with Crippen LogP contribution in [0.4, 0.5) is 0 Å². The van der Waals surface area contributed by atoms with Gasteiger partial charge in [0.25, 0.3) is 5.91 Å². The van der Waals surface area contributed by atoms with Crippen molar-refractivity contribution in [3.63, 3.8) is 0 Å². The number of aromatic nitrogens is 1. The van der Waals surface area contributed by atoms with Crippen LogP contribution in [0.3, 0.4) is 0 Å². The van der Waals surface area contributed by atoms with Crippen molar-refractivity contribution >= 4 is 11.9 Å². The van der Waals surface area contributed by atoms with E-state index >= 15 is 0 Å². The molecule has 0 fully saturated rings. The molecule has 22 heavy (non-hydrogen) atoms. The second-order valence-corrected chi connectivity index (χ2v) is 4.86. The van der Waals surface area contributed by atoms with Crippen LogP contribution in [-0.2, 0) is 4.79 Å². The van der Waals surface area contributed by atoms with E-state index in [2.05, 4.69) is 5.16 Å². The van der Waals surface area contributed by atoms with Gasteiger partial charge in [0.2, 0.25) is 0 Å². The summed E-state index contributed by atoms with van der Waals surface area (Å²) in [6.07, 6.45) is -0.0927. The summed E-state index contributed by atoms with van der Waals surface area (Å²) in [5.41, 5.74) is 1.66. The number of hydrogen-bond acceptors (Lipinski definition) is 4. The lowest BCUT2D eigenvalue weighted by Gasteiger charge is -2.20. The second kappa shape index (κ2) is 6.89. The first kappa shape index (κ1) is 15.8. The van der Waals surface area contributed by atoms with E-state index in [1.54, 1.807) is 6.92 Å². The van der Waals surface area contributed by atoms with Crippen LogP contribution in [0.1, 0.15) is 29.5 Å². The molecule has 0 aliphatic heterocycles. The van der Waals surface area contributed by atoms with E-state index in [0.717, 1.165) is 5.56 Å². The minimum atomic E-state index is -0.934. The predicted molar refractivity (Wildman–Crippen MR) is 80.5 cm³/mol. The molecule has 2 aromatic rings. The van der Waals surface area contributed by atoms with Gasteiger partial charge in [-0.05, 0) is 13.8 Å². The van der Waals surface area contributed by atoms with Crippen molar-refractivity contribution < 1.29 is 19.2 Å². The number of carboxylic acid groups (broad SMARTS) is 1. The Morgan fingerprint density at radius 1 is 1.27 bits per heavy atom. The molecule has 6 nitrogen and oxygen atoms in total. The first-order valence-electron chi connectivity index (χ1n) is 7.07. The molecule has 1 aromatic carbocycles. The van der Waals surface area contributed by atoms with E-state index in [1.807, 2.05) is 37.3 Å². The molecular weight excluding hydrogens is 284 g/mol. The van der Waals surface area contributed by atoms with Gasteiger partial charge in [0.05, 0.1) is 6.42 Å². The Balaban J connectivity index is 2.33. The van der Waals surface area contributed by atoms with Gasteiger partial charge in [-0.25, -0.2) is 0 Å². The van der Waals surface area contributed by atoms with Crippen molar-refractivity contribution in [2.24, 2.45) is 0 Å². The molecule has 1 amide bonds. The van der Waals surface area contributed by atoms with E-state index in [1.165, 1.54) is 4.90 Å². The first-order chi connectivity index (χ1) is 10.5. The fraction of sp³-hybridized carbons (Fsp3) is 0.312. The number of carbonyl (C=O) groups excluding carboxylic acids is 1. The average molecular weight is 302 g/mol. The quantitative estimate of drug-likeness (QED) is 0.886. The standard InChI is InChI=1S/C16H18N2O4/c1-3-18(10-9-13(19)20)16(21)14-11(2)22-17-15(14)12-7-5-4-6-8-12/h4-8H,3,9-10H2,1-2H3,(H,19,20). The van der Waals surface area contributed by atoms with Crippen LogP contribution in [0.25, 0.3) is 11.3 Å². The van der Waals surface area contributed by atoms with Crippen molar-refractivity contribution in [2.45, 2.75) is 20.3 Å². The zero-order valence-electron chi connectivity index (χ0n) is 12.6. The molecular formula is C16H18N2O4. The summed E-state index contributed by atoms with van der Waals surface area (Å²) < 4.78 is 5.18. The molecule has 0 aliphatic rings. The highest BCUT2D eigenvalue weighted by molar-refractivity contribution is 6.00. The average Bonchev–Trinajstić information content (AvgIpc) is 2.90. The van der Waals surface area contributed by atoms with Gasteiger partial charge in [-0.2, -0.15) is 0 Å². The van der Waals surface area contributed by atoms with Crippen LogP contribution >= 0.6 is 0 Å². The van der Waals surface area contributed by atoms with Crippen LogP contribution in [0.2, 0.25) is 0 Å². The topological polar surface area (TPSA) is 83.6 Å². The summed E-state index contributed by atoms with van der Waals surface area (Å²) in [5, 5.41) is 12.8. The molecule has 0 aliphatic carbocycles. The molecule has 1 aromatic heterocycles. The first-order valence-corrected chi connectivity index (χ1v) is 7.07. The Bertz CT molecular complexity index is 664. The molecule has 0 spiro atoms. The minimum absolute atomic E-state index is 0.0927. The van der Waals surface area contributed by atoms with Crippen molar-refractivity contribution in [2.75, 3.05) is 13.1 Å². The van der Waals surface area contributed by atoms with E-state index in [4.69, 9.17) is 9.63 Å². The number of hydrogen-bond donors (Lipinski definition) is 1. The Kier molecular flexibility index (Phi) is 4.93. The third kappa shape index (κ3) is 3.33. The van der Waals surface area contributed by atoms with Crippen LogP contribution in [0, 0.1) is 6.92 Å². The summed E-state index contributed by atoms with van der Waals surface area (Å²) in [6, 6.07) is 9.29. The lowest BCUT2D eigenvalue weighted by atomic mass is 10.1. The maximum atomic E-state index is 12.7. The van der Waals surface area contributed by atoms with Gasteiger partial charge in [0, 0.05) is 18.7 Å². The Morgan fingerprint density at radius 2 is 1.95 bits per heavy atom. The number of aliphatic carboxylic acids is 1. The van der Waals surface area contributed by atoms with Gasteiger partial charge in [-0.3, -0.25) is 9.59 Å². The van der Waals surface area contributed by atoms with Gasteiger partial charge in [-0.1, -0.05) is 35.5 Å². The fourth-order valence-corrected chi connectivity index (χ4v) is 2.21. The van der Waals surface area contributed by atoms with Gasteiger partial charge in [0.15, 0.2) is 0 Å². The highest BCUT2D eigenvalue weighted by Gasteiger charge is 2.25. The van der Waals surface area contributed by atoms with E-state index in [9.17, 15) is 9.59 Å². The number of nitrogens with zero attached hydrogens (tertiary/aromatic N) is 2. The molecule has 1 N–H and O–H groups in total. The van der Waals surface area contributed by atoms with Crippen LogP contribution < -0.4 is 0 Å². The summed E-state index contributed by atoms with van der Waals surface area (Å²) in [5.74, 6) is -0.768. The fourth-order valence-electron chi connectivity index (χ4n) is 2.21. The SMILES string of the molecule is CCN(CCC(=O)O)C(=O)c1c(-c2ccccc2)noc1C. The molecule has 0 bridgehead atoms. The van der Waals surface area contributed by atoms with Gasteiger partial charge in [0.1, 0.15) is 17.0 Å². The third-order valence-corrected chi connectivity index (χ3v) is 3.39. The molecule has 0 unspecified atom stereocenters. The number of amides is 1. The Labute approximate surface area is 128 Å². The number of rotatable bonds is 6. The summed E-state index contributed by atoms with van der Waals surface area (Å²) in [4.78, 5) is 24.9. The second-order valence-electron chi connectivity index (χ2n) is 4.86. The maximum Gasteiger partial charge on any atom is 0.305 e. The Hall–Kier alpha value is -2.63. The van der Waals surface area contributed by atoms with Crippen molar-refractivity contribution in [1.29, 1.82) is 0 Å². The monoisotopic (exact) mass is 302 g/mol. The summed E-state index contributed by atoms with van der Waals surface area (Å²) in [6.45, 7) is 4.07. The normalized spacial score (nSPS) is 10.5. The molecule has 6 heteroatoms. The lowest BCUT2D eigenvalue weighted by molar-refractivity contribution is -0.137. The summed E-state index contributed by atoms with van der Waals surface area (Å²) >= 11 is 0. The number of benzene rings is 1. The molecule has 0 saturated carbocycles. The number of carbonyl (C=O) groups is 2. The van der Waals surface area contributed by atoms with Crippen LogP contribution in [0.15, 0.2) is 34.9 Å². The highest BCUT2D eigenvalue weighted by Crippen LogP contribution is 2.26. The molecule has 0 saturated heterocycles. The van der Waals surface area contributed by atoms with Gasteiger partial charge >= 0.3 is 5.97 Å². The van der Waals surface area contributed by atoms with E-state index in [0.29, 0.717) is 23.6 Å². The molecule has 0 atom stereocenters. The molecule has 116 valence electrons.